The molecule has 1 aromatic heterocycles. The summed E-state index contributed by atoms with van der Waals surface area (Å²) in [7, 11) is -3.72. The van der Waals surface area contributed by atoms with Crippen LogP contribution in [0.1, 0.15) is 28.0 Å². The number of rotatable bonds is 9. The third-order valence-corrected chi connectivity index (χ3v) is 7.41. The highest BCUT2D eigenvalue weighted by Crippen LogP contribution is 2.31. The largest absolute Gasteiger partial charge is 0.306 e. The summed E-state index contributed by atoms with van der Waals surface area (Å²) >= 11 is 0. The Labute approximate surface area is 194 Å². The first-order valence-electron chi connectivity index (χ1n) is 10.7. The van der Waals surface area contributed by atoms with Crippen LogP contribution in [0.25, 0.3) is 5.69 Å². The Morgan fingerprint density at radius 1 is 1.03 bits per heavy atom. The predicted octanol–water partition coefficient (Wildman–Crippen LogP) is 3.98. The molecule has 0 fully saturated rings. The van der Waals surface area contributed by atoms with Crippen LogP contribution in [0.4, 0.5) is 5.82 Å². The molecule has 0 saturated heterocycles. The summed E-state index contributed by atoms with van der Waals surface area (Å²) in [5.41, 5.74) is 3.28. The molecule has 0 radical (unpaired) electrons. The molecule has 0 aliphatic heterocycles. The van der Waals surface area contributed by atoms with E-state index >= 15 is 0 Å². The van der Waals surface area contributed by atoms with Crippen molar-refractivity contribution in [3.63, 3.8) is 0 Å². The number of sulfonamides is 1. The van der Waals surface area contributed by atoms with E-state index in [0.717, 1.165) is 36.2 Å². The molecule has 1 aliphatic rings. The highest BCUT2D eigenvalue weighted by atomic mass is 32.2. The second-order valence-corrected chi connectivity index (χ2v) is 9.69. The number of para-hydroxylation sites is 1. The van der Waals surface area contributed by atoms with Gasteiger partial charge in [-0.15, -0.1) is 13.2 Å². The van der Waals surface area contributed by atoms with Crippen LogP contribution < -0.4 is 5.32 Å². The maximum atomic E-state index is 13.1. The number of benzene rings is 2. The van der Waals surface area contributed by atoms with Gasteiger partial charge in [0.2, 0.25) is 10.0 Å². The highest BCUT2D eigenvalue weighted by molar-refractivity contribution is 7.89. The van der Waals surface area contributed by atoms with Crippen molar-refractivity contribution >= 4 is 21.7 Å². The number of hydrogen-bond donors (Lipinski definition) is 1. The Bertz CT molecular complexity index is 1270. The summed E-state index contributed by atoms with van der Waals surface area (Å²) in [6.45, 7) is 7.58. The molecule has 1 amide bonds. The molecule has 170 valence electrons. The van der Waals surface area contributed by atoms with Crippen LogP contribution in [-0.4, -0.2) is 41.5 Å². The molecule has 0 spiro atoms. The van der Waals surface area contributed by atoms with Crippen LogP contribution in [0.2, 0.25) is 0 Å². The van der Waals surface area contributed by atoms with Gasteiger partial charge in [-0.05, 0) is 55.7 Å². The van der Waals surface area contributed by atoms with E-state index in [1.54, 1.807) is 4.68 Å². The van der Waals surface area contributed by atoms with Crippen molar-refractivity contribution < 1.29 is 13.2 Å². The van der Waals surface area contributed by atoms with Gasteiger partial charge >= 0.3 is 0 Å². The van der Waals surface area contributed by atoms with Gasteiger partial charge in [-0.1, -0.05) is 30.4 Å². The molecule has 7 nitrogen and oxygen atoms in total. The minimum Gasteiger partial charge on any atom is -0.306 e. The van der Waals surface area contributed by atoms with Gasteiger partial charge in [0.25, 0.3) is 5.91 Å². The number of fused-ring (bicyclic) bond motifs is 1. The molecular formula is C25H26N4O3S. The minimum atomic E-state index is -3.72. The van der Waals surface area contributed by atoms with Crippen molar-refractivity contribution in [1.82, 2.24) is 14.1 Å². The van der Waals surface area contributed by atoms with Gasteiger partial charge in [0.05, 0.1) is 16.3 Å². The number of amides is 1. The molecule has 2 aromatic carbocycles. The van der Waals surface area contributed by atoms with Gasteiger partial charge in [0, 0.05) is 24.2 Å². The molecule has 0 saturated carbocycles. The fourth-order valence-electron chi connectivity index (χ4n) is 3.94. The van der Waals surface area contributed by atoms with Crippen LogP contribution in [0.5, 0.6) is 0 Å². The van der Waals surface area contributed by atoms with Crippen LogP contribution in [0.3, 0.4) is 0 Å². The lowest BCUT2D eigenvalue weighted by Gasteiger charge is -2.19. The summed E-state index contributed by atoms with van der Waals surface area (Å²) in [6.07, 6.45) is 5.80. The van der Waals surface area contributed by atoms with Crippen LogP contribution in [0, 0.1) is 0 Å². The van der Waals surface area contributed by atoms with Crippen molar-refractivity contribution in [3.8, 4) is 5.69 Å². The molecule has 4 rings (SSSR count). The topological polar surface area (TPSA) is 84.3 Å². The number of aromatic nitrogens is 2. The maximum Gasteiger partial charge on any atom is 0.256 e. The third kappa shape index (κ3) is 4.53. The quantitative estimate of drug-likeness (QED) is 0.488. The van der Waals surface area contributed by atoms with E-state index in [0.29, 0.717) is 11.4 Å². The van der Waals surface area contributed by atoms with Crippen LogP contribution in [0.15, 0.2) is 84.8 Å². The van der Waals surface area contributed by atoms with Gasteiger partial charge < -0.3 is 5.32 Å². The fraction of sp³-hybridized carbons (Fsp3) is 0.200. The van der Waals surface area contributed by atoms with Gasteiger partial charge in [-0.25, -0.2) is 13.1 Å². The summed E-state index contributed by atoms with van der Waals surface area (Å²) in [5, 5.41) is 7.71. The molecule has 8 heteroatoms. The molecule has 0 atom stereocenters. The zero-order chi connectivity index (χ0) is 23.4. The number of nitrogens with zero attached hydrogens (tertiary/aromatic N) is 3. The Hall–Kier alpha value is -3.49. The summed E-state index contributed by atoms with van der Waals surface area (Å²) < 4.78 is 28.8. The van der Waals surface area contributed by atoms with Crippen LogP contribution >= 0.6 is 0 Å². The van der Waals surface area contributed by atoms with Crippen molar-refractivity contribution in [2.24, 2.45) is 0 Å². The molecule has 0 unspecified atom stereocenters. The Balaban J connectivity index is 1.60. The summed E-state index contributed by atoms with van der Waals surface area (Å²) in [6, 6.07) is 15.6. The fourth-order valence-corrected chi connectivity index (χ4v) is 5.32. The highest BCUT2D eigenvalue weighted by Gasteiger charge is 2.25. The van der Waals surface area contributed by atoms with Crippen LogP contribution in [-0.2, 0) is 22.9 Å². The number of anilines is 1. The predicted molar refractivity (Wildman–Crippen MR) is 129 cm³/mol. The number of carbonyl (C=O) groups excluding carboxylic acids is 1. The minimum absolute atomic E-state index is 0.109. The number of nitrogens with one attached hydrogen (secondary N) is 1. The lowest BCUT2D eigenvalue weighted by Crippen LogP contribution is -2.31. The van der Waals surface area contributed by atoms with E-state index in [9.17, 15) is 13.2 Å². The normalized spacial score (nSPS) is 13.0. The standard InChI is InChI=1S/C25H26N4O3S/c1-3-17-28(18-4-2)33(31,32)21-15-13-19(14-16-21)25(30)26-24-22-11-8-12-23(22)27-29(24)20-9-6-5-7-10-20/h3-7,9-10,13-16H,1-2,8,11-12,17-18H2,(H,26,30). The monoisotopic (exact) mass is 462 g/mol. The molecule has 1 N–H and O–H groups in total. The Kier molecular flexibility index (Phi) is 6.57. The molecule has 1 heterocycles. The van der Waals surface area contributed by atoms with E-state index in [-0.39, 0.29) is 23.9 Å². The van der Waals surface area contributed by atoms with E-state index in [1.807, 2.05) is 30.3 Å². The molecule has 0 bridgehead atoms. The number of hydrogen-bond acceptors (Lipinski definition) is 4. The van der Waals surface area contributed by atoms with E-state index < -0.39 is 10.0 Å². The zero-order valence-electron chi connectivity index (χ0n) is 18.3. The van der Waals surface area contributed by atoms with Gasteiger partial charge in [-0.2, -0.15) is 9.40 Å². The third-order valence-electron chi connectivity index (χ3n) is 5.56. The second-order valence-electron chi connectivity index (χ2n) is 7.75. The Morgan fingerprint density at radius 3 is 2.33 bits per heavy atom. The number of aryl methyl sites for hydroxylation is 1. The zero-order valence-corrected chi connectivity index (χ0v) is 19.1. The van der Waals surface area contributed by atoms with E-state index in [1.165, 1.54) is 40.7 Å². The van der Waals surface area contributed by atoms with Crippen molar-refractivity contribution in [2.75, 3.05) is 18.4 Å². The Morgan fingerprint density at radius 2 is 1.70 bits per heavy atom. The summed E-state index contributed by atoms with van der Waals surface area (Å²) in [4.78, 5) is 13.2. The van der Waals surface area contributed by atoms with Gasteiger partial charge in [0.15, 0.2) is 0 Å². The first kappa shape index (κ1) is 22.7. The number of carbonyl (C=O) groups is 1. The molecular weight excluding hydrogens is 436 g/mol. The van der Waals surface area contributed by atoms with E-state index in [4.69, 9.17) is 5.10 Å². The lowest BCUT2D eigenvalue weighted by atomic mass is 10.2. The van der Waals surface area contributed by atoms with Crippen molar-refractivity contribution in [1.29, 1.82) is 0 Å². The SMILES string of the molecule is C=CCN(CC=C)S(=O)(=O)c1ccc(C(=O)Nc2c3c(nn2-c2ccccc2)CCC3)cc1. The van der Waals surface area contributed by atoms with Gasteiger partial charge in [0.1, 0.15) is 5.82 Å². The summed E-state index contributed by atoms with van der Waals surface area (Å²) in [5.74, 6) is 0.346. The maximum absolute atomic E-state index is 13.1. The molecule has 33 heavy (non-hydrogen) atoms. The first-order valence-corrected chi connectivity index (χ1v) is 12.2. The average molecular weight is 463 g/mol. The smallest absolute Gasteiger partial charge is 0.256 e. The molecule has 3 aromatic rings. The second kappa shape index (κ2) is 9.56. The first-order chi connectivity index (χ1) is 16.0. The van der Waals surface area contributed by atoms with E-state index in [2.05, 4.69) is 18.5 Å². The average Bonchev–Trinajstić information content (AvgIpc) is 3.42. The van der Waals surface area contributed by atoms with Crippen molar-refractivity contribution in [3.05, 3.63) is 96.7 Å². The van der Waals surface area contributed by atoms with Gasteiger partial charge in [-0.3, -0.25) is 4.79 Å². The molecule has 1 aliphatic carbocycles. The van der Waals surface area contributed by atoms with Crippen molar-refractivity contribution in [2.45, 2.75) is 24.2 Å². The lowest BCUT2D eigenvalue weighted by molar-refractivity contribution is 0.102.